The Morgan fingerprint density at radius 2 is 1.51 bits per heavy atom. The van der Waals surface area contributed by atoms with Crippen molar-refractivity contribution in [2.75, 3.05) is 14.1 Å². The number of nitrogens with one attached hydrogen (secondary N) is 1. The maximum Gasteiger partial charge on any atom is 0.272 e. The molecule has 7 nitrogen and oxygen atoms in total. The Hall–Kier alpha value is -3.63. The number of fused-ring (bicyclic) bond motifs is 2. The number of carbonyl (C=O) groups excluding carboxylic acids is 1. The van der Waals surface area contributed by atoms with Crippen molar-refractivity contribution in [1.29, 1.82) is 0 Å². The van der Waals surface area contributed by atoms with Crippen LogP contribution in [0.2, 0.25) is 0 Å². The largest absolute Gasteiger partial charge is 0.361 e. The zero-order chi connectivity index (χ0) is 26.3. The number of thiophene rings is 2. The van der Waals surface area contributed by atoms with Gasteiger partial charge in [-0.2, -0.15) is 5.10 Å². The van der Waals surface area contributed by atoms with Crippen LogP contribution in [0.25, 0.3) is 21.3 Å². The van der Waals surface area contributed by atoms with Crippen LogP contribution in [0.1, 0.15) is 30.6 Å². The van der Waals surface area contributed by atoms with Gasteiger partial charge in [0.05, 0.1) is 15.1 Å². The number of hydrogen-bond donors (Lipinski definition) is 2. The average Bonchev–Trinajstić information content (AvgIpc) is 3.58. The molecule has 4 heterocycles. The van der Waals surface area contributed by atoms with Crippen molar-refractivity contribution in [3.63, 3.8) is 0 Å². The second-order valence-electron chi connectivity index (χ2n) is 8.95. The first-order valence-corrected chi connectivity index (χ1v) is 13.3. The Kier molecular flexibility index (Phi) is 6.55. The Labute approximate surface area is 222 Å². The maximum absolute atomic E-state index is 12.6. The van der Waals surface area contributed by atoms with Crippen LogP contribution >= 0.6 is 22.7 Å². The van der Waals surface area contributed by atoms with E-state index in [4.69, 9.17) is 0 Å². The smallest absolute Gasteiger partial charge is 0.272 e. The summed E-state index contributed by atoms with van der Waals surface area (Å²) in [6.07, 6.45) is 0. The zero-order valence-electron chi connectivity index (χ0n) is 20.9. The predicted molar refractivity (Wildman–Crippen MR) is 149 cm³/mol. The van der Waals surface area contributed by atoms with Gasteiger partial charge >= 0.3 is 0 Å². The topological polar surface area (TPSA) is 89.5 Å². The quantitative estimate of drug-likeness (QED) is 0.337. The van der Waals surface area contributed by atoms with Gasteiger partial charge in [0.25, 0.3) is 11.5 Å². The first kappa shape index (κ1) is 25.0. The maximum atomic E-state index is 12.6. The summed E-state index contributed by atoms with van der Waals surface area (Å²) >= 11 is 3.18. The summed E-state index contributed by atoms with van der Waals surface area (Å²) in [6, 6.07) is 22.7. The first-order valence-electron chi connectivity index (χ1n) is 11.7. The number of rotatable bonds is 3. The van der Waals surface area contributed by atoms with Crippen LogP contribution in [0.5, 0.6) is 0 Å². The molecule has 1 atom stereocenters. The molecule has 0 fully saturated rings. The van der Waals surface area contributed by atoms with Gasteiger partial charge < -0.3 is 5.11 Å². The molecular weight excluding hydrogens is 504 g/mol. The van der Waals surface area contributed by atoms with Gasteiger partial charge in [-0.1, -0.05) is 36.4 Å². The molecule has 9 heteroatoms. The fraction of sp³-hybridized carbons (Fsp3) is 0.179. The van der Waals surface area contributed by atoms with E-state index in [1.165, 1.54) is 21.2 Å². The van der Waals surface area contributed by atoms with Gasteiger partial charge in [0, 0.05) is 40.4 Å². The van der Waals surface area contributed by atoms with E-state index >= 15 is 0 Å². The summed E-state index contributed by atoms with van der Waals surface area (Å²) < 4.78 is 0. The molecule has 6 rings (SSSR count). The van der Waals surface area contributed by atoms with Gasteiger partial charge in [0.1, 0.15) is 5.69 Å². The van der Waals surface area contributed by atoms with Crippen LogP contribution in [0.3, 0.4) is 0 Å². The summed E-state index contributed by atoms with van der Waals surface area (Å²) in [5.41, 5.74) is 0.474. The molecule has 0 radical (unpaired) electrons. The number of hydrazine groups is 1. The second kappa shape index (κ2) is 9.68. The number of benzene rings is 2. The molecule has 3 aromatic heterocycles. The van der Waals surface area contributed by atoms with Crippen molar-refractivity contribution in [2.24, 2.45) is 0 Å². The van der Waals surface area contributed by atoms with E-state index < -0.39 is 5.72 Å². The van der Waals surface area contributed by atoms with E-state index in [0.717, 1.165) is 25.7 Å². The van der Waals surface area contributed by atoms with Crippen molar-refractivity contribution >= 4 is 39.4 Å². The molecule has 37 heavy (non-hydrogen) atoms. The molecule has 188 valence electrons. The van der Waals surface area contributed by atoms with E-state index in [2.05, 4.69) is 23.2 Å². The lowest BCUT2D eigenvalue weighted by Crippen LogP contribution is -2.51. The van der Waals surface area contributed by atoms with Crippen molar-refractivity contribution in [1.82, 2.24) is 20.2 Å². The number of hydrogen-bond acceptors (Lipinski definition) is 7. The number of aryl methyl sites for hydroxylation is 2. The Morgan fingerprint density at radius 1 is 0.865 bits per heavy atom. The summed E-state index contributed by atoms with van der Waals surface area (Å²) in [5, 5.41) is 22.6. The Bertz CT molecular complexity index is 1670. The summed E-state index contributed by atoms with van der Waals surface area (Å²) in [4.78, 5) is 28.4. The fourth-order valence-electron chi connectivity index (χ4n) is 4.54. The highest BCUT2D eigenvalue weighted by Crippen LogP contribution is 2.44. The van der Waals surface area contributed by atoms with Gasteiger partial charge in [-0.15, -0.1) is 22.7 Å². The van der Waals surface area contributed by atoms with Crippen LogP contribution in [-0.2, 0) is 5.72 Å². The molecule has 2 aromatic carbocycles. The van der Waals surface area contributed by atoms with Crippen molar-refractivity contribution < 1.29 is 9.90 Å². The Balaban J connectivity index is 0.000000153. The number of nitrogens with zero attached hydrogens (tertiary/aromatic N) is 3. The number of aliphatic hydroxyl groups is 1. The van der Waals surface area contributed by atoms with Crippen molar-refractivity contribution in [3.8, 4) is 10.6 Å². The van der Waals surface area contributed by atoms with Gasteiger partial charge in [-0.25, -0.2) is 15.1 Å². The van der Waals surface area contributed by atoms with Crippen LogP contribution < -0.4 is 5.56 Å². The second-order valence-corrected chi connectivity index (χ2v) is 11.5. The fourth-order valence-corrected chi connectivity index (χ4v) is 6.37. The lowest BCUT2D eigenvalue weighted by atomic mass is 10.0. The van der Waals surface area contributed by atoms with E-state index in [0.29, 0.717) is 16.5 Å². The third-order valence-electron chi connectivity index (χ3n) is 6.19. The lowest BCUT2D eigenvalue weighted by molar-refractivity contribution is -0.134. The molecular formula is C28H26N4O3S2. The van der Waals surface area contributed by atoms with E-state index in [1.807, 2.05) is 67.6 Å². The SMILES string of the molecule is Cc1ccc(-c2n[nH]c(=O)c3ccccc23)s1.Cc1ccc(C2(O)c3ccccc3C(=O)N2N(C)C)s1. The summed E-state index contributed by atoms with van der Waals surface area (Å²) in [7, 11) is 3.52. The third-order valence-corrected chi connectivity index (χ3v) is 8.29. The molecule has 0 saturated carbocycles. The number of carbonyl (C=O) groups is 1. The van der Waals surface area contributed by atoms with Crippen LogP contribution in [0, 0.1) is 13.8 Å². The molecule has 1 aliphatic heterocycles. The standard InChI is InChI=1S/C15H16N2O2S.C13H10N2OS/c1-10-8-9-13(20-10)15(19)12-7-5-4-6-11(12)14(18)17(15)16(2)3;1-8-6-7-11(17-8)12-9-4-2-3-5-10(9)13(16)15-14-12/h4-9,19H,1-3H3;2-7H,1H3,(H,15,16). The molecule has 0 saturated heterocycles. The summed E-state index contributed by atoms with van der Waals surface area (Å²) in [6.45, 7) is 4.04. The number of aromatic nitrogens is 2. The molecule has 0 spiro atoms. The van der Waals surface area contributed by atoms with Crippen LogP contribution in [0.15, 0.2) is 77.6 Å². The van der Waals surface area contributed by atoms with Gasteiger partial charge in [-0.05, 0) is 50.2 Å². The van der Waals surface area contributed by atoms with E-state index in [9.17, 15) is 14.7 Å². The van der Waals surface area contributed by atoms with Crippen molar-refractivity contribution in [3.05, 3.63) is 109 Å². The number of amides is 1. The highest BCUT2D eigenvalue weighted by molar-refractivity contribution is 7.15. The number of H-pyrrole nitrogens is 1. The van der Waals surface area contributed by atoms with Crippen LogP contribution in [-0.4, -0.2) is 45.3 Å². The molecule has 0 aliphatic carbocycles. The van der Waals surface area contributed by atoms with Crippen molar-refractivity contribution in [2.45, 2.75) is 19.6 Å². The molecule has 1 unspecified atom stereocenters. The predicted octanol–water partition coefficient (Wildman–Crippen LogP) is 5.14. The minimum Gasteiger partial charge on any atom is -0.361 e. The minimum absolute atomic E-state index is 0.141. The average molecular weight is 531 g/mol. The minimum atomic E-state index is -1.42. The lowest BCUT2D eigenvalue weighted by Gasteiger charge is -2.37. The monoisotopic (exact) mass is 530 g/mol. The molecule has 2 N–H and O–H groups in total. The highest BCUT2D eigenvalue weighted by Gasteiger charge is 2.52. The molecule has 1 amide bonds. The number of aromatic amines is 1. The molecule has 0 bridgehead atoms. The third kappa shape index (κ3) is 4.30. The van der Waals surface area contributed by atoms with Crippen LogP contribution in [0.4, 0.5) is 0 Å². The molecule has 5 aromatic rings. The van der Waals surface area contributed by atoms with E-state index in [-0.39, 0.29) is 11.5 Å². The first-order chi connectivity index (χ1) is 17.7. The van der Waals surface area contributed by atoms with Gasteiger partial charge in [0.15, 0.2) is 0 Å². The van der Waals surface area contributed by atoms with Gasteiger partial charge in [0.2, 0.25) is 5.72 Å². The highest BCUT2D eigenvalue weighted by atomic mass is 32.1. The van der Waals surface area contributed by atoms with Gasteiger partial charge in [-0.3, -0.25) is 9.59 Å². The zero-order valence-corrected chi connectivity index (χ0v) is 22.5. The summed E-state index contributed by atoms with van der Waals surface area (Å²) in [5.74, 6) is -0.181. The normalized spacial score (nSPS) is 16.7. The Morgan fingerprint density at radius 3 is 2.16 bits per heavy atom. The molecule has 1 aliphatic rings. The van der Waals surface area contributed by atoms with E-state index in [1.54, 1.807) is 36.5 Å².